The van der Waals surface area contributed by atoms with Crippen LogP contribution in [-0.2, 0) is 21.1 Å². The second-order valence-electron chi connectivity index (χ2n) is 8.11. The number of nitrogens with zero attached hydrogens (tertiary/aromatic N) is 1. The number of sulfone groups is 1. The number of para-hydroxylation sites is 1. The summed E-state index contributed by atoms with van der Waals surface area (Å²) >= 11 is 1.45. The van der Waals surface area contributed by atoms with Gasteiger partial charge in [-0.25, -0.2) is 8.42 Å². The minimum absolute atomic E-state index is 0.0284. The summed E-state index contributed by atoms with van der Waals surface area (Å²) in [5.74, 6) is 1.02. The summed E-state index contributed by atoms with van der Waals surface area (Å²) < 4.78 is 37.1. The van der Waals surface area contributed by atoms with E-state index in [1.54, 1.807) is 11.0 Å². The molecule has 2 aromatic rings. The summed E-state index contributed by atoms with van der Waals surface area (Å²) in [6, 6.07) is 9.41. The summed E-state index contributed by atoms with van der Waals surface area (Å²) in [7, 11) is -3.28. The van der Waals surface area contributed by atoms with E-state index in [0.717, 1.165) is 16.9 Å². The Hall–Kier alpha value is -2.06. The molecule has 2 aliphatic rings. The average Bonchev–Trinajstić information content (AvgIpc) is 3.24. The fourth-order valence-corrected chi connectivity index (χ4v) is 6.92. The SMILES string of the molecule is CC1(C)Cc2cccc(OCC(=O)N3CCC(c4cccs4)S(=O)(=O)CC3)c2O1. The lowest BCUT2D eigenvalue weighted by atomic mass is 10.0. The van der Waals surface area contributed by atoms with Crippen molar-refractivity contribution in [2.75, 3.05) is 25.4 Å². The van der Waals surface area contributed by atoms with Crippen LogP contribution in [0.15, 0.2) is 35.7 Å². The fraction of sp³-hybridized carbons (Fsp3) is 0.476. The average molecular weight is 436 g/mol. The Morgan fingerprint density at radius 1 is 1.28 bits per heavy atom. The molecule has 0 saturated carbocycles. The number of benzene rings is 1. The maximum absolute atomic E-state index is 12.7. The highest BCUT2D eigenvalue weighted by atomic mass is 32.2. The van der Waals surface area contributed by atoms with Gasteiger partial charge in [-0.05, 0) is 37.8 Å². The molecule has 0 spiro atoms. The quantitative estimate of drug-likeness (QED) is 0.737. The molecule has 0 aliphatic carbocycles. The predicted octanol–water partition coefficient (Wildman–Crippen LogP) is 3.23. The van der Waals surface area contributed by atoms with Crippen molar-refractivity contribution in [2.45, 2.75) is 37.5 Å². The van der Waals surface area contributed by atoms with Gasteiger partial charge in [0.1, 0.15) is 5.60 Å². The molecule has 156 valence electrons. The first kappa shape index (κ1) is 20.2. The van der Waals surface area contributed by atoms with Gasteiger partial charge in [0.05, 0.1) is 11.0 Å². The zero-order valence-electron chi connectivity index (χ0n) is 16.6. The first-order valence-corrected chi connectivity index (χ1v) is 12.3. The van der Waals surface area contributed by atoms with Gasteiger partial charge in [0.2, 0.25) is 0 Å². The largest absolute Gasteiger partial charge is 0.483 e. The molecule has 1 aromatic heterocycles. The number of fused-ring (bicyclic) bond motifs is 1. The number of rotatable bonds is 4. The maximum Gasteiger partial charge on any atom is 0.260 e. The summed E-state index contributed by atoms with van der Waals surface area (Å²) in [6.07, 6.45) is 1.20. The van der Waals surface area contributed by atoms with Crippen LogP contribution in [0, 0.1) is 0 Å². The molecule has 29 heavy (non-hydrogen) atoms. The van der Waals surface area contributed by atoms with Crippen molar-refractivity contribution in [3.8, 4) is 11.5 Å². The van der Waals surface area contributed by atoms with Crippen molar-refractivity contribution in [3.63, 3.8) is 0 Å². The number of thiophene rings is 1. The topological polar surface area (TPSA) is 72.9 Å². The first-order chi connectivity index (χ1) is 13.8. The van der Waals surface area contributed by atoms with Crippen LogP contribution in [0.2, 0.25) is 0 Å². The smallest absolute Gasteiger partial charge is 0.260 e. The minimum Gasteiger partial charge on any atom is -0.483 e. The maximum atomic E-state index is 12.7. The lowest BCUT2D eigenvalue weighted by Crippen LogP contribution is -2.37. The first-order valence-electron chi connectivity index (χ1n) is 9.72. The zero-order chi connectivity index (χ0) is 20.6. The second kappa shape index (κ2) is 7.65. The van der Waals surface area contributed by atoms with Crippen molar-refractivity contribution >= 4 is 27.1 Å². The Morgan fingerprint density at radius 3 is 2.86 bits per heavy atom. The van der Waals surface area contributed by atoms with E-state index in [-0.39, 0.29) is 30.4 Å². The van der Waals surface area contributed by atoms with Crippen LogP contribution < -0.4 is 9.47 Å². The van der Waals surface area contributed by atoms with E-state index in [9.17, 15) is 13.2 Å². The summed E-state index contributed by atoms with van der Waals surface area (Å²) in [5, 5.41) is 1.35. The highest BCUT2D eigenvalue weighted by molar-refractivity contribution is 7.91. The van der Waals surface area contributed by atoms with Crippen molar-refractivity contribution < 1.29 is 22.7 Å². The molecular weight excluding hydrogens is 410 g/mol. The van der Waals surface area contributed by atoms with Crippen LogP contribution in [-0.4, -0.2) is 50.3 Å². The molecule has 6 nitrogen and oxygen atoms in total. The Labute approximate surface area is 175 Å². The van der Waals surface area contributed by atoms with E-state index in [1.807, 2.05) is 43.5 Å². The van der Waals surface area contributed by atoms with E-state index in [1.165, 1.54) is 11.3 Å². The molecule has 4 rings (SSSR count). The van der Waals surface area contributed by atoms with Crippen molar-refractivity contribution in [1.29, 1.82) is 0 Å². The van der Waals surface area contributed by atoms with Crippen LogP contribution >= 0.6 is 11.3 Å². The van der Waals surface area contributed by atoms with Gasteiger partial charge < -0.3 is 14.4 Å². The number of amides is 1. The zero-order valence-corrected chi connectivity index (χ0v) is 18.2. The van der Waals surface area contributed by atoms with Gasteiger partial charge in [0, 0.05) is 30.0 Å². The molecule has 3 heterocycles. The van der Waals surface area contributed by atoms with E-state index in [0.29, 0.717) is 24.5 Å². The van der Waals surface area contributed by atoms with Crippen LogP contribution in [0.1, 0.15) is 36.0 Å². The van der Waals surface area contributed by atoms with E-state index in [2.05, 4.69) is 0 Å². The Bertz CT molecular complexity index is 998. The molecule has 1 fully saturated rings. The molecule has 1 saturated heterocycles. The second-order valence-corrected chi connectivity index (χ2v) is 11.4. The van der Waals surface area contributed by atoms with Crippen LogP contribution in [0.25, 0.3) is 0 Å². The third-order valence-electron chi connectivity index (χ3n) is 5.36. The number of carbonyl (C=O) groups excluding carboxylic acids is 1. The molecule has 1 atom stereocenters. The fourth-order valence-electron chi connectivity index (χ4n) is 3.92. The molecule has 0 N–H and O–H groups in total. The van der Waals surface area contributed by atoms with E-state index in [4.69, 9.17) is 9.47 Å². The molecule has 1 aromatic carbocycles. The standard InChI is InChI=1S/C21H25NO5S2/c1-21(2)13-15-5-3-6-16(20(15)27-21)26-14-19(23)22-9-8-18(17-7-4-11-28-17)29(24,25)12-10-22/h3-7,11,18H,8-10,12-14H2,1-2H3. The molecular formula is C21H25NO5S2. The highest BCUT2D eigenvalue weighted by Gasteiger charge is 2.34. The summed E-state index contributed by atoms with van der Waals surface area (Å²) in [4.78, 5) is 15.2. The number of ether oxygens (including phenoxy) is 2. The van der Waals surface area contributed by atoms with Gasteiger partial charge in [-0.2, -0.15) is 0 Å². The third kappa shape index (κ3) is 4.28. The molecule has 1 amide bonds. The van der Waals surface area contributed by atoms with Gasteiger partial charge in [-0.15, -0.1) is 11.3 Å². The van der Waals surface area contributed by atoms with Crippen LogP contribution in [0.5, 0.6) is 11.5 Å². The lowest BCUT2D eigenvalue weighted by Gasteiger charge is -2.21. The number of hydrogen-bond donors (Lipinski definition) is 0. The molecule has 2 aliphatic heterocycles. The molecule has 8 heteroatoms. The van der Waals surface area contributed by atoms with Gasteiger partial charge >= 0.3 is 0 Å². The van der Waals surface area contributed by atoms with Gasteiger partial charge in [0.15, 0.2) is 27.9 Å². The van der Waals surface area contributed by atoms with Crippen molar-refractivity contribution in [1.82, 2.24) is 4.90 Å². The van der Waals surface area contributed by atoms with Crippen LogP contribution in [0.4, 0.5) is 0 Å². The Kier molecular flexibility index (Phi) is 5.33. The molecule has 0 radical (unpaired) electrons. The Balaban J connectivity index is 1.41. The monoisotopic (exact) mass is 435 g/mol. The lowest BCUT2D eigenvalue weighted by molar-refractivity contribution is -0.133. The number of hydrogen-bond acceptors (Lipinski definition) is 6. The third-order valence-corrected chi connectivity index (χ3v) is 8.60. The van der Waals surface area contributed by atoms with Crippen LogP contribution in [0.3, 0.4) is 0 Å². The highest BCUT2D eigenvalue weighted by Crippen LogP contribution is 2.41. The summed E-state index contributed by atoms with van der Waals surface area (Å²) in [5.41, 5.74) is 0.779. The normalized spacial score (nSPS) is 22.4. The molecule has 1 unspecified atom stereocenters. The number of carbonyl (C=O) groups is 1. The van der Waals surface area contributed by atoms with E-state index >= 15 is 0 Å². The molecule has 0 bridgehead atoms. The van der Waals surface area contributed by atoms with Gasteiger partial charge in [0.25, 0.3) is 5.91 Å². The van der Waals surface area contributed by atoms with Crippen molar-refractivity contribution in [3.05, 3.63) is 46.2 Å². The predicted molar refractivity (Wildman–Crippen MR) is 112 cm³/mol. The van der Waals surface area contributed by atoms with Crippen molar-refractivity contribution in [2.24, 2.45) is 0 Å². The summed E-state index contributed by atoms with van der Waals surface area (Å²) in [6.45, 7) is 4.50. The van der Waals surface area contributed by atoms with Gasteiger partial charge in [-0.3, -0.25) is 4.79 Å². The van der Waals surface area contributed by atoms with E-state index < -0.39 is 15.1 Å². The van der Waals surface area contributed by atoms with Gasteiger partial charge in [-0.1, -0.05) is 18.2 Å². The Morgan fingerprint density at radius 2 is 2.10 bits per heavy atom. The minimum atomic E-state index is -3.28.